The van der Waals surface area contributed by atoms with E-state index in [1.165, 1.54) is 14.2 Å². The van der Waals surface area contributed by atoms with Crippen LogP contribution in [0.2, 0.25) is 0 Å². The Kier molecular flexibility index (Phi) is 4.45. The zero-order valence-corrected chi connectivity index (χ0v) is 12.1. The minimum absolute atomic E-state index is 0.0723. The maximum Gasteiger partial charge on any atom is 0.434 e. The number of carbonyl (C=O) groups excluding carboxylic acids is 1. The van der Waals surface area contributed by atoms with Gasteiger partial charge in [0.15, 0.2) is 16.4 Å². The normalized spacial score (nSPS) is 11.1. The monoisotopic (exact) mass is 334 g/mol. The minimum atomic E-state index is -4.58. The lowest BCUT2D eigenvalue weighted by atomic mass is 10.3. The van der Waals surface area contributed by atoms with Gasteiger partial charge in [0.2, 0.25) is 11.8 Å². The summed E-state index contributed by atoms with van der Waals surface area (Å²) in [5.41, 5.74) is -1.23. The first-order valence-corrected chi connectivity index (χ1v) is 6.51. The van der Waals surface area contributed by atoms with Gasteiger partial charge in [0.05, 0.1) is 14.2 Å². The number of hydrogen-bond donors (Lipinski definition) is 1. The van der Waals surface area contributed by atoms with Crippen molar-refractivity contribution in [2.24, 2.45) is 0 Å². The van der Waals surface area contributed by atoms with Crippen molar-refractivity contribution >= 4 is 22.4 Å². The summed E-state index contributed by atoms with van der Waals surface area (Å²) in [6.07, 6.45) is -3.45. The van der Waals surface area contributed by atoms with Crippen LogP contribution in [0.5, 0.6) is 11.8 Å². The van der Waals surface area contributed by atoms with E-state index in [0.717, 1.165) is 11.7 Å². The molecule has 7 nitrogen and oxygen atoms in total. The van der Waals surface area contributed by atoms with E-state index in [1.54, 1.807) is 0 Å². The van der Waals surface area contributed by atoms with Crippen molar-refractivity contribution < 1.29 is 27.4 Å². The molecule has 0 unspecified atom stereocenters. The molecule has 118 valence electrons. The van der Waals surface area contributed by atoms with Crippen LogP contribution in [0.1, 0.15) is 16.1 Å². The molecule has 0 spiro atoms. The number of thiazole rings is 1. The van der Waals surface area contributed by atoms with Crippen molar-refractivity contribution in [1.82, 2.24) is 15.0 Å². The molecule has 2 heterocycles. The van der Waals surface area contributed by atoms with Gasteiger partial charge in [-0.05, 0) is 0 Å². The Bertz CT molecular complexity index is 667. The van der Waals surface area contributed by atoms with Crippen molar-refractivity contribution in [2.75, 3.05) is 19.5 Å². The molecule has 0 aliphatic rings. The summed E-state index contributed by atoms with van der Waals surface area (Å²) in [5.74, 6) is -0.939. The maximum absolute atomic E-state index is 12.5. The standard InChI is InChI=1S/C11H9F3N4O3S/c1-20-8-6(9(21-2)16-4-15-8)7(19)18-10-17-5(3-22-10)11(12,13)14/h3-4H,1-2H3,(H,17,18,19). The summed E-state index contributed by atoms with van der Waals surface area (Å²) in [5, 5.41) is 2.81. The molecule has 0 aliphatic carbocycles. The number of rotatable bonds is 4. The van der Waals surface area contributed by atoms with Crippen molar-refractivity contribution in [3.63, 3.8) is 0 Å². The number of halogens is 3. The lowest BCUT2D eigenvalue weighted by molar-refractivity contribution is -0.140. The molecule has 0 aromatic carbocycles. The summed E-state index contributed by atoms with van der Waals surface area (Å²) in [7, 11) is 2.56. The molecule has 11 heteroatoms. The topological polar surface area (TPSA) is 86.2 Å². The molecule has 2 aromatic heterocycles. The van der Waals surface area contributed by atoms with Crippen LogP contribution in [0.4, 0.5) is 18.3 Å². The second kappa shape index (κ2) is 6.13. The highest BCUT2D eigenvalue weighted by molar-refractivity contribution is 7.14. The molecule has 2 rings (SSSR count). The average molecular weight is 334 g/mol. The Balaban J connectivity index is 2.28. The Labute approximate surface area is 126 Å². The SMILES string of the molecule is COc1ncnc(OC)c1C(=O)Nc1nc(C(F)(F)F)cs1. The lowest BCUT2D eigenvalue weighted by Gasteiger charge is -2.09. The quantitative estimate of drug-likeness (QED) is 0.923. The molecule has 1 amide bonds. The summed E-state index contributed by atoms with van der Waals surface area (Å²) in [6.45, 7) is 0. The van der Waals surface area contributed by atoms with E-state index < -0.39 is 17.8 Å². The van der Waals surface area contributed by atoms with Crippen LogP contribution in [0.25, 0.3) is 0 Å². The summed E-state index contributed by atoms with van der Waals surface area (Å²) >= 11 is 0.641. The van der Waals surface area contributed by atoms with E-state index in [0.29, 0.717) is 11.3 Å². The van der Waals surface area contributed by atoms with Crippen LogP contribution in [-0.4, -0.2) is 35.1 Å². The van der Waals surface area contributed by atoms with Gasteiger partial charge in [-0.25, -0.2) is 15.0 Å². The zero-order valence-electron chi connectivity index (χ0n) is 11.3. The van der Waals surface area contributed by atoms with Crippen LogP contribution in [0, 0.1) is 0 Å². The molecule has 0 bridgehead atoms. The number of nitrogens with one attached hydrogen (secondary N) is 1. The average Bonchev–Trinajstić information content (AvgIpc) is 2.94. The van der Waals surface area contributed by atoms with Gasteiger partial charge in [-0.3, -0.25) is 10.1 Å². The number of aromatic nitrogens is 3. The van der Waals surface area contributed by atoms with Gasteiger partial charge < -0.3 is 9.47 Å². The molecule has 0 fully saturated rings. The third-order valence-corrected chi connectivity index (χ3v) is 3.16. The number of hydrogen-bond acceptors (Lipinski definition) is 7. The molecule has 0 radical (unpaired) electrons. The van der Waals surface area contributed by atoms with Gasteiger partial charge in [-0.2, -0.15) is 13.2 Å². The number of nitrogens with zero attached hydrogens (tertiary/aromatic N) is 3. The van der Waals surface area contributed by atoms with E-state index in [1.807, 2.05) is 0 Å². The van der Waals surface area contributed by atoms with Crippen LogP contribution < -0.4 is 14.8 Å². The Morgan fingerprint density at radius 2 is 1.82 bits per heavy atom. The van der Waals surface area contributed by atoms with Crippen molar-refractivity contribution in [3.05, 3.63) is 23.0 Å². The van der Waals surface area contributed by atoms with Crippen molar-refractivity contribution in [3.8, 4) is 11.8 Å². The Morgan fingerprint density at radius 1 is 1.23 bits per heavy atom. The fourth-order valence-corrected chi connectivity index (χ4v) is 2.19. The van der Waals surface area contributed by atoms with Gasteiger partial charge in [0, 0.05) is 5.38 Å². The molecule has 0 saturated heterocycles. The number of ether oxygens (including phenoxy) is 2. The third kappa shape index (κ3) is 3.24. The number of methoxy groups -OCH3 is 2. The molecule has 22 heavy (non-hydrogen) atoms. The van der Waals surface area contributed by atoms with Crippen LogP contribution in [-0.2, 0) is 6.18 Å². The number of alkyl halides is 3. The first-order valence-electron chi connectivity index (χ1n) is 5.64. The smallest absolute Gasteiger partial charge is 0.434 e. The highest BCUT2D eigenvalue weighted by Gasteiger charge is 2.34. The van der Waals surface area contributed by atoms with Crippen LogP contribution in [0.3, 0.4) is 0 Å². The molecule has 1 N–H and O–H groups in total. The minimum Gasteiger partial charge on any atom is -0.480 e. The molecule has 0 aliphatic heterocycles. The lowest BCUT2D eigenvalue weighted by Crippen LogP contribution is -2.16. The molecule has 2 aromatic rings. The zero-order chi connectivity index (χ0) is 16.3. The molecule has 0 atom stereocenters. The van der Waals surface area contributed by atoms with Gasteiger partial charge in [-0.1, -0.05) is 0 Å². The molecule has 0 saturated carbocycles. The fourth-order valence-electron chi connectivity index (χ4n) is 1.48. The van der Waals surface area contributed by atoms with Gasteiger partial charge in [0.25, 0.3) is 5.91 Å². The highest BCUT2D eigenvalue weighted by atomic mass is 32.1. The first-order chi connectivity index (χ1) is 10.4. The maximum atomic E-state index is 12.5. The summed E-state index contributed by atoms with van der Waals surface area (Å²) < 4.78 is 47.2. The Morgan fingerprint density at radius 3 is 2.27 bits per heavy atom. The van der Waals surface area contributed by atoms with Crippen LogP contribution >= 0.6 is 11.3 Å². The number of amides is 1. The predicted molar refractivity (Wildman–Crippen MR) is 70.2 cm³/mol. The highest BCUT2D eigenvalue weighted by Crippen LogP contribution is 2.32. The first kappa shape index (κ1) is 15.9. The summed E-state index contributed by atoms with van der Waals surface area (Å²) in [6, 6.07) is 0. The predicted octanol–water partition coefficient (Wildman–Crippen LogP) is 2.22. The second-order valence-electron chi connectivity index (χ2n) is 3.76. The fraction of sp³-hybridized carbons (Fsp3) is 0.273. The summed E-state index contributed by atoms with van der Waals surface area (Å²) in [4.78, 5) is 22.9. The Hall–Kier alpha value is -2.43. The second-order valence-corrected chi connectivity index (χ2v) is 4.62. The molecular formula is C11H9F3N4O3S. The number of anilines is 1. The van der Waals surface area contributed by atoms with Gasteiger partial charge >= 0.3 is 6.18 Å². The van der Waals surface area contributed by atoms with Crippen LogP contribution in [0.15, 0.2) is 11.7 Å². The van der Waals surface area contributed by atoms with E-state index >= 15 is 0 Å². The van der Waals surface area contributed by atoms with E-state index in [-0.39, 0.29) is 22.5 Å². The van der Waals surface area contributed by atoms with E-state index in [9.17, 15) is 18.0 Å². The van der Waals surface area contributed by atoms with Crippen molar-refractivity contribution in [1.29, 1.82) is 0 Å². The third-order valence-electron chi connectivity index (χ3n) is 2.41. The van der Waals surface area contributed by atoms with E-state index in [4.69, 9.17) is 9.47 Å². The van der Waals surface area contributed by atoms with Gasteiger partial charge in [0.1, 0.15) is 6.33 Å². The van der Waals surface area contributed by atoms with E-state index in [2.05, 4.69) is 20.3 Å². The number of carbonyl (C=O) groups is 1. The van der Waals surface area contributed by atoms with Gasteiger partial charge in [-0.15, -0.1) is 11.3 Å². The molecular weight excluding hydrogens is 325 g/mol. The van der Waals surface area contributed by atoms with Crippen molar-refractivity contribution in [2.45, 2.75) is 6.18 Å². The largest absolute Gasteiger partial charge is 0.480 e.